The van der Waals surface area contributed by atoms with E-state index in [9.17, 15) is 0 Å². The van der Waals surface area contributed by atoms with E-state index in [2.05, 4.69) is 48.7 Å². The van der Waals surface area contributed by atoms with Gasteiger partial charge in [-0.15, -0.1) is 0 Å². The fourth-order valence-electron chi connectivity index (χ4n) is 2.58. The topological polar surface area (TPSA) is 24.1 Å². The van der Waals surface area contributed by atoms with Gasteiger partial charge in [0, 0.05) is 12.2 Å². The molecule has 18 heavy (non-hydrogen) atoms. The molecule has 2 rings (SSSR count). The summed E-state index contributed by atoms with van der Waals surface area (Å²) >= 11 is 0. The maximum Gasteiger partial charge on any atom is 0.0340 e. The standard InChI is InChI=1S/C16H26N2/c1-13(2)15-5-7-16(8-6-15)18-11-9-14-4-3-10-17-12-14/h5-8,13-14,17-18H,3-4,9-12H2,1-2H3. The molecule has 1 aliphatic rings. The Bertz CT molecular complexity index is 337. The van der Waals surface area contributed by atoms with Gasteiger partial charge in [0.05, 0.1) is 0 Å². The second-order valence-electron chi connectivity index (χ2n) is 5.70. The first kappa shape index (κ1) is 13.4. The SMILES string of the molecule is CC(C)c1ccc(NCCC2CCCNC2)cc1. The molecule has 1 heterocycles. The van der Waals surface area contributed by atoms with Gasteiger partial charge in [0.1, 0.15) is 0 Å². The summed E-state index contributed by atoms with van der Waals surface area (Å²) in [6.45, 7) is 7.97. The van der Waals surface area contributed by atoms with Crippen LogP contribution < -0.4 is 10.6 Å². The average Bonchev–Trinajstić information content (AvgIpc) is 2.40. The molecule has 0 aliphatic carbocycles. The molecular weight excluding hydrogens is 220 g/mol. The van der Waals surface area contributed by atoms with Crippen LogP contribution in [0.5, 0.6) is 0 Å². The van der Waals surface area contributed by atoms with E-state index >= 15 is 0 Å². The molecule has 0 aromatic heterocycles. The molecule has 2 nitrogen and oxygen atoms in total. The summed E-state index contributed by atoms with van der Waals surface area (Å²) in [6, 6.07) is 8.87. The van der Waals surface area contributed by atoms with E-state index in [1.807, 2.05) is 0 Å². The number of nitrogens with one attached hydrogen (secondary N) is 2. The zero-order chi connectivity index (χ0) is 12.8. The molecule has 1 aliphatic heterocycles. The van der Waals surface area contributed by atoms with Crippen LogP contribution in [0.25, 0.3) is 0 Å². The molecule has 1 aromatic rings. The van der Waals surface area contributed by atoms with Crippen molar-refractivity contribution in [3.8, 4) is 0 Å². The third-order valence-corrected chi connectivity index (χ3v) is 3.86. The number of hydrogen-bond acceptors (Lipinski definition) is 2. The van der Waals surface area contributed by atoms with Gasteiger partial charge >= 0.3 is 0 Å². The molecule has 0 bridgehead atoms. The zero-order valence-electron chi connectivity index (χ0n) is 11.7. The number of anilines is 1. The minimum absolute atomic E-state index is 0.618. The molecule has 2 N–H and O–H groups in total. The maximum absolute atomic E-state index is 3.53. The third-order valence-electron chi connectivity index (χ3n) is 3.86. The van der Waals surface area contributed by atoms with Crippen molar-refractivity contribution in [3.63, 3.8) is 0 Å². The van der Waals surface area contributed by atoms with Gasteiger partial charge in [0.25, 0.3) is 0 Å². The molecular formula is C16H26N2. The van der Waals surface area contributed by atoms with Crippen LogP contribution in [0.2, 0.25) is 0 Å². The van der Waals surface area contributed by atoms with Gasteiger partial charge in [-0.25, -0.2) is 0 Å². The Hall–Kier alpha value is -1.02. The molecule has 1 atom stereocenters. The van der Waals surface area contributed by atoms with Crippen LogP contribution in [0.3, 0.4) is 0 Å². The van der Waals surface area contributed by atoms with Crippen molar-refractivity contribution in [2.75, 3.05) is 25.0 Å². The summed E-state index contributed by atoms with van der Waals surface area (Å²) in [6.07, 6.45) is 4.01. The second-order valence-corrected chi connectivity index (χ2v) is 5.70. The highest BCUT2D eigenvalue weighted by atomic mass is 14.9. The average molecular weight is 246 g/mol. The van der Waals surface area contributed by atoms with Crippen molar-refractivity contribution < 1.29 is 0 Å². The summed E-state index contributed by atoms with van der Waals surface area (Å²) in [5, 5.41) is 7.01. The Labute approximate surface area is 111 Å². The largest absolute Gasteiger partial charge is 0.385 e. The predicted octanol–water partition coefficient (Wildman–Crippen LogP) is 3.61. The number of benzene rings is 1. The van der Waals surface area contributed by atoms with Crippen LogP contribution in [-0.4, -0.2) is 19.6 Å². The van der Waals surface area contributed by atoms with E-state index in [-0.39, 0.29) is 0 Å². The number of rotatable bonds is 5. The van der Waals surface area contributed by atoms with Crippen molar-refractivity contribution in [1.29, 1.82) is 0 Å². The van der Waals surface area contributed by atoms with Gasteiger partial charge in [-0.05, 0) is 61.9 Å². The lowest BCUT2D eigenvalue weighted by molar-refractivity contribution is 0.364. The predicted molar refractivity (Wildman–Crippen MR) is 79.2 cm³/mol. The molecule has 1 fully saturated rings. The molecule has 0 amide bonds. The monoisotopic (exact) mass is 246 g/mol. The van der Waals surface area contributed by atoms with Crippen LogP contribution in [0, 0.1) is 5.92 Å². The fourth-order valence-corrected chi connectivity index (χ4v) is 2.58. The Morgan fingerprint density at radius 2 is 2.06 bits per heavy atom. The minimum atomic E-state index is 0.618. The Morgan fingerprint density at radius 1 is 1.28 bits per heavy atom. The van der Waals surface area contributed by atoms with Crippen molar-refractivity contribution in [1.82, 2.24) is 5.32 Å². The van der Waals surface area contributed by atoms with Gasteiger partial charge in [0.15, 0.2) is 0 Å². The van der Waals surface area contributed by atoms with Gasteiger partial charge in [-0.2, -0.15) is 0 Å². The molecule has 1 unspecified atom stereocenters. The van der Waals surface area contributed by atoms with Crippen molar-refractivity contribution in [2.24, 2.45) is 5.92 Å². The van der Waals surface area contributed by atoms with Crippen LogP contribution >= 0.6 is 0 Å². The quantitative estimate of drug-likeness (QED) is 0.829. The molecule has 0 radical (unpaired) electrons. The van der Waals surface area contributed by atoms with E-state index in [0.29, 0.717) is 5.92 Å². The maximum atomic E-state index is 3.53. The lowest BCUT2D eigenvalue weighted by Gasteiger charge is -2.22. The van der Waals surface area contributed by atoms with Crippen LogP contribution in [-0.2, 0) is 0 Å². The first-order chi connectivity index (χ1) is 8.75. The van der Waals surface area contributed by atoms with E-state index in [1.165, 1.54) is 43.6 Å². The normalized spacial score (nSPS) is 20.1. The van der Waals surface area contributed by atoms with E-state index in [4.69, 9.17) is 0 Å². The molecule has 2 heteroatoms. The smallest absolute Gasteiger partial charge is 0.0340 e. The zero-order valence-corrected chi connectivity index (χ0v) is 11.7. The summed E-state index contributed by atoms with van der Waals surface area (Å²) in [7, 11) is 0. The first-order valence-corrected chi connectivity index (χ1v) is 7.30. The lowest BCUT2D eigenvalue weighted by Crippen LogP contribution is -2.30. The molecule has 100 valence electrons. The highest BCUT2D eigenvalue weighted by molar-refractivity contribution is 5.45. The molecule has 0 spiro atoms. The number of hydrogen-bond donors (Lipinski definition) is 2. The van der Waals surface area contributed by atoms with Gasteiger partial charge in [-0.3, -0.25) is 0 Å². The summed E-state index contributed by atoms with van der Waals surface area (Å²) in [4.78, 5) is 0. The van der Waals surface area contributed by atoms with Crippen LogP contribution in [0.4, 0.5) is 5.69 Å². The Balaban J connectivity index is 1.72. The summed E-state index contributed by atoms with van der Waals surface area (Å²) in [5.41, 5.74) is 2.67. The van der Waals surface area contributed by atoms with Crippen LogP contribution in [0.1, 0.15) is 44.6 Å². The first-order valence-electron chi connectivity index (χ1n) is 7.30. The number of piperidine rings is 1. The second kappa shape index (κ2) is 6.79. The van der Waals surface area contributed by atoms with Crippen molar-refractivity contribution >= 4 is 5.69 Å². The Morgan fingerprint density at radius 3 is 2.67 bits per heavy atom. The van der Waals surface area contributed by atoms with Crippen LogP contribution in [0.15, 0.2) is 24.3 Å². The van der Waals surface area contributed by atoms with Crippen molar-refractivity contribution in [3.05, 3.63) is 29.8 Å². The van der Waals surface area contributed by atoms with E-state index in [1.54, 1.807) is 0 Å². The van der Waals surface area contributed by atoms with Gasteiger partial charge < -0.3 is 10.6 Å². The van der Waals surface area contributed by atoms with E-state index < -0.39 is 0 Å². The van der Waals surface area contributed by atoms with Gasteiger partial charge in [-0.1, -0.05) is 26.0 Å². The summed E-state index contributed by atoms with van der Waals surface area (Å²) in [5.74, 6) is 1.48. The molecule has 0 saturated carbocycles. The minimum Gasteiger partial charge on any atom is -0.385 e. The van der Waals surface area contributed by atoms with Gasteiger partial charge in [0.2, 0.25) is 0 Å². The highest BCUT2D eigenvalue weighted by Crippen LogP contribution is 2.18. The lowest BCUT2D eigenvalue weighted by atomic mass is 9.96. The van der Waals surface area contributed by atoms with E-state index in [0.717, 1.165) is 12.5 Å². The highest BCUT2D eigenvalue weighted by Gasteiger charge is 2.11. The third kappa shape index (κ3) is 4.02. The fraction of sp³-hybridized carbons (Fsp3) is 0.625. The Kier molecular flexibility index (Phi) is 5.06. The summed E-state index contributed by atoms with van der Waals surface area (Å²) < 4.78 is 0. The molecule has 1 saturated heterocycles. The molecule has 1 aromatic carbocycles. The van der Waals surface area contributed by atoms with Crippen molar-refractivity contribution in [2.45, 2.75) is 39.0 Å².